The van der Waals surface area contributed by atoms with Gasteiger partial charge in [0.25, 0.3) is 0 Å². The first kappa shape index (κ1) is 9.43. The van der Waals surface area contributed by atoms with Crippen molar-refractivity contribution in [3.63, 3.8) is 0 Å². The molecule has 0 radical (unpaired) electrons. The van der Waals surface area contributed by atoms with Crippen molar-refractivity contribution in [1.82, 2.24) is 0 Å². The molecule has 0 aliphatic heterocycles. The molecule has 1 aromatic rings. The van der Waals surface area contributed by atoms with Crippen molar-refractivity contribution in [2.24, 2.45) is 0 Å². The van der Waals surface area contributed by atoms with E-state index in [0.29, 0.717) is 0 Å². The summed E-state index contributed by atoms with van der Waals surface area (Å²) in [6.07, 6.45) is 1.99. The van der Waals surface area contributed by atoms with Gasteiger partial charge in [0.15, 0.2) is 0 Å². The van der Waals surface area contributed by atoms with Gasteiger partial charge >= 0.3 is 81.4 Å². The van der Waals surface area contributed by atoms with Crippen LogP contribution in [-0.2, 0) is 0 Å². The molecule has 0 atom stereocenters. The SMILES string of the molecule is [Cl][SnH]([Cl])[CH]=Cc1ccccc1. The third kappa shape index (κ3) is 4.04. The Bertz CT molecular complexity index is 231. The molecule has 0 saturated carbocycles. The molecule has 58 valence electrons. The summed E-state index contributed by atoms with van der Waals surface area (Å²) in [5.74, 6) is 0. The Kier molecular flexibility index (Phi) is 4.34. The Morgan fingerprint density at radius 3 is 2.27 bits per heavy atom. The van der Waals surface area contributed by atoms with Crippen LogP contribution in [0.15, 0.2) is 34.4 Å². The first-order valence-corrected chi connectivity index (χ1v) is 13.6. The molecule has 0 unspecified atom stereocenters. The van der Waals surface area contributed by atoms with E-state index in [1.165, 1.54) is 0 Å². The molecule has 0 aliphatic carbocycles. The standard InChI is InChI=1S/C8H7.2ClH.Sn.H/c1-2-8-6-4-3-5-7-8;;;;/h1-7H;2*1H;;/q;;;+2;/p-2. The Balaban J connectivity index is 2.65. The molecule has 11 heavy (non-hydrogen) atoms. The zero-order valence-corrected chi connectivity index (χ0v) is 10.7. The minimum atomic E-state index is -2.17. The summed E-state index contributed by atoms with van der Waals surface area (Å²) in [4.78, 5) is 0. The van der Waals surface area contributed by atoms with Gasteiger partial charge in [0.2, 0.25) is 0 Å². The third-order valence-corrected chi connectivity index (χ3v) is 4.57. The van der Waals surface area contributed by atoms with Gasteiger partial charge in [0.05, 0.1) is 0 Å². The van der Waals surface area contributed by atoms with E-state index in [4.69, 9.17) is 17.8 Å². The predicted octanol–water partition coefficient (Wildman–Crippen LogP) is 2.94. The van der Waals surface area contributed by atoms with Crippen LogP contribution < -0.4 is 0 Å². The Morgan fingerprint density at radius 1 is 1.09 bits per heavy atom. The van der Waals surface area contributed by atoms with E-state index in [9.17, 15) is 0 Å². The summed E-state index contributed by atoms with van der Waals surface area (Å²) in [5, 5.41) is 0. The second-order valence-corrected chi connectivity index (χ2v) is 12.9. The number of rotatable bonds is 2. The van der Waals surface area contributed by atoms with Crippen LogP contribution in [0, 0.1) is 0 Å². The molecule has 3 heteroatoms. The van der Waals surface area contributed by atoms with Gasteiger partial charge in [-0.05, 0) is 0 Å². The van der Waals surface area contributed by atoms with E-state index in [2.05, 4.69) is 0 Å². The summed E-state index contributed by atoms with van der Waals surface area (Å²) >= 11 is -2.17. The fourth-order valence-corrected chi connectivity index (χ4v) is 2.77. The van der Waals surface area contributed by atoms with Crippen molar-refractivity contribution in [3.8, 4) is 0 Å². The van der Waals surface area contributed by atoms with Gasteiger partial charge in [-0.25, -0.2) is 0 Å². The van der Waals surface area contributed by atoms with Crippen LogP contribution in [0.3, 0.4) is 0 Å². The molecule has 0 aliphatic rings. The van der Waals surface area contributed by atoms with Gasteiger partial charge in [-0.2, -0.15) is 0 Å². The van der Waals surface area contributed by atoms with E-state index in [0.717, 1.165) is 5.56 Å². The second kappa shape index (κ2) is 5.07. The average Bonchev–Trinajstić information content (AvgIpc) is 2.03. The van der Waals surface area contributed by atoms with Gasteiger partial charge in [-0.3, -0.25) is 0 Å². The van der Waals surface area contributed by atoms with Gasteiger partial charge in [-0.1, -0.05) is 0 Å². The molecular weight excluding hydrogens is 286 g/mol. The van der Waals surface area contributed by atoms with Gasteiger partial charge in [0.1, 0.15) is 0 Å². The Labute approximate surface area is 81.0 Å². The molecule has 0 fully saturated rings. The predicted molar refractivity (Wildman–Crippen MR) is 54.3 cm³/mol. The van der Waals surface area contributed by atoms with Crippen molar-refractivity contribution < 1.29 is 0 Å². The Hall–Kier alpha value is 0.339. The van der Waals surface area contributed by atoms with Crippen LogP contribution in [-0.4, -0.2) is 17.5 Å². The molecule has 0 spiro atoms. The molecule has 0 saturated heterocycles. The van der Waals surface area contributed by atoms with Gasteiger partial charge in [-0.15, -0.1) is 0 Å². The van der Waals surface area contributed by atoms with Crippen LogP contribution in [0.4, 0.5) is 0 Å². The van der Waals surface area contributed by atoms with Crippen molar-refractivity contribution in [1.29, 1.82) is 0 Å². The quantitative estimate of drug-likeness (QED) is 0.736. The molecule has 0 nitrogen and oxygen atoms in total. The second-order valence-electron chi connectivity index (χ2n) is 2.10. The number of halogens is 2. The van der Waals surface area contributed by atoms with E-state index in [-0.39, 0.29) is 0 Å². The molecule has 0 bridgehead atoms. The summed E-state index contributed by atoms with van der Waals surface area (Å²) in [6.45, 7) is 0. The van der Waals surface area contributed by atoms with Crippen LogP contribution in [0.2, 0.25) is 0 Å². The fraction of sp³-hybridized carbons (Fsp3) is 0. The third-order valence-electron chi connectivity index (χ3n) is 1.23. The summed E-state index contributed by atoms with van der Waals surface area (Å²) in [5.41, 5.74) is 1.16. The summed E-state index contributed by atoms with van der Waals surface area (Å²) < 4.78 is 1.94. The van der Waals surface area contributed by atoms with E-state index in [1.54, 1.807) is 0 Å². The van der Waals surface area contributed by atoms with E-state index < -0.39 is 17.5 Å². The van der Waals surface area contributed by atoms with Gasteiger partial charge in [0, 0.05) is 0 Å². The molecule has 1 rings (SSSR count). The maximum atomic E-state index is 5.72. The van der Waals surface area contributed by atoms with E-state index in [1.807, 2.05) is 40.5 Å². The number of benzene rings is 1. The number of hydrogen-bond donors (Lipinski definition) is 0. The van der Waals surface area contributed by atoms with Crippen molar-refractivity contribution in [3.05, 3.63) is 40.0 Å². The van der Waals surface area contributed by atoms with Crippen LogP contribution in [0.25, 0.3) is 6.08 Å². The molecule has 0 heterocycles. The van der Waals surface area contributed by atoms with E-state index >= 15 is 0 Å². The summed E-state index contributed by atoms with van der Waals surface area (Å²) in [7, 11) is 11.4. The maximum absolute atomic E-state index is 5.72. The van der Waals surface area contributed by atoms with Crippen LogP contribution in [0.5, 0.6) is 0 Å². The molecule has 0 aromatic heterocycles. The van der Waals surface area contributed by atoms with Crippen molar-refractivity contribution >= 4 is 41.4 Å². The molecule has 0 N–H and O–H groups in total. The normalized spacial score (nSPS) is 11.2. The van der Waals surface area contributed by atoms with Crippen LogP contribution >= 0.6 is 17.8 Å². The molecular formula is C8H8Cl2Sn. The van der Waals surface area contributed by atoms with Crippen molar-refractivity contribution in [2.45, 2.75) is 0 Å². The molecule has 0 amide bonds. The fourth-order valence-electron chi connectivity index (χ4n) is 0.748. The Morgan fingerprint density at radius 2 is 1.73 bits per heavy atom. The first-order valence-electron chi connectivity index (χ1n) is 3.30. The summed E-state index contributed by atoms with van der Waals surface area (Å²) in [6, 6.07) is 10.0. The van der Waals surface area contributed by atoms with Crippen molar-refractivity contribution in [2.75, 3.05) is 0 Å². The van der Waals surface area contributed by atoms with Gasteiger partial charge < -0.3 is 0 Å². The number of hydrogen-bond acceptors (Lipinski definition) is 0. The van der Waals surface area contributed by atoms with Crippen LogP contribution in [0.1, 0.15) is 5.56 Å². The topological polar surface area (TPSA) is 0 Å². The zero-order chi connectivity index (χ0) is 8.10. The molecule has 1 aromatic carbocycles. The average molecular weight is 294 g/mol. The zero-order valence-electron chi connectivity index (χ0n) is 5.87. The minimum absolute atomic E-state index is 1.16. The first-order chi connectivity index (χ1) is 5.29. The monoisotopic (exact) mass is 294 g/mol.